The third-order valence-corrected chi connectivity index (χ3v) is 4.51. The molecule has 0 aliphatic heterocycles. The van der Waals surface area contributed by atoms with Gasteiger partial charge in [-0.25, -0.2) is 0 Å². The van der Waals surface area contributed by atoms with Crippen LogP contribution in [0.5, 0.6) is 5.75 Å². The van der Waals surface area contributed by atoms with E-state index in [1.807, 2.05) is 44.4 Å². The molecule has 0 spiro atoms. The van der Waals surface area contributed by atoms with Gasteiger partial charge in [-0.3, -0.25) is 4.79 Å². The van der Waals surface area contributed by atoms with Gasteiger partial charge in [0.15, 0.2) is 6.10 Å². The van der Waals surface area contributed by atoms with Gasteiger partial charge in [-0.1, -0.05) is 13.8 Å². The van der Waals surface area contributed by atoms with E-state index in [0.717, 1.165) is 12.8 Å². The summed E-state index contributed by atoms with van der Waals surface area (Å²) in [4.78, 5) is 13.2. The van der Waals surface area contributed by atoms with Crippen molar-refractivity contribution in [3.05, 3.63) is 24.3 Å². The predicted octanol–water partition coefficient (Wildman–Crippen LogP) is 2.81. The van der Waals surface area contributed by atoms with E-state index in [2.05, 4.69) is 5.32 Å². The number of hydrogen-bond donors (Lipinski definition) is 2. The third-order valence-electron chi connectivity index (χ3n) is 3.76. The Morgan fingerprint density at radius 3 is 2.38 bits per heavy atom. The van der Waals surface area contributed by atoms with Crippen LogP contribution in [0.2, 0.25) is 0 Å². The summed E-state index contributed by atoms with van der Waals surface area (Å²) in [5.74, 6) is 0.557. The van der Waals surface area contributed by atoms with E-state index in [1.54, 1.807) is 18.7 Å². The molecule has 1 rings (SSSR count). The first-order valence-electron chi connectivity index (χ1n) is 7.31. The van der Waals surface area contributed by atoms with Crippen molar-refractivity contribution in [3.63, 3.8) is 0 Å². The van der Waals surface area contributed by atoms with Crippen molar-refractivity contribution in [2.75, 3.05) is 12.8 Å². The zero-order chi connectivity index (χ0) is 15.9. The minimum absolute atomic E-state index is 0.138. The lowest BCUT2D eigenvalue weighted by Gasteiger charge is -2.27. The maximum absolute atomic E-state index is 12.1. The Bertz CT molecular complexity index is 444. The van der Waals surface area contributed by atoms with Crippen molar-refractivity contribution in [1.29, 1.82) is 0 Å². The lowest BCUT2D eigenvalue weighted by Crippen LogP contribution is -2.51. The van der Waals surface area contributed by atoms with Gasteiger partial charge in [0.25, 0.3) is 5.91 Å². The molecule has 0 saturated heterocycles. The summed E-state index contributed by atoms with van der Waals surface area (Å²) in [6.45, 7) is 6.28. The number of rotatable bonds is 8. The van der Waals surface area contributed by atoms with Crippen LogP contribution in [0.4, 0.5) is 0 Å². The first-order chi connectivity index (χ1) is 9.94. The molecule has 1 atom stereocenters. The van der Waals surface area contributed by atoms with E-state index in [-0.39, 0.29) is 11.4 Å². The first-order valence-corrected chi connectivity index (χ1v) is 8.54. The maximum Gasteiger partial charge on any atom is 0.260 e. The fourth-order valence-corrected chi connectivity index (χ4v) is 2.23. The average Bonchev–Trinajstić information content (AvgIpc) is 2.52. The number of nitrogens with two attached hydrogens (primary N) is 1. The van der Waals surface area contributed by atoms with E-state index in [1.165, 1.54) is 4.90 Å². The van der Waals surface area contributed by atoms with Crippen molar-refractivity contribution >= 4 is 17.7 Å². The van der Waals surface area contributed by atoms with Crippen molar-refractivity contribution in [2.24, 2.45) is 5.73 Å². The standard InChI is InChI=1S/C16H26N2O2S/c1-5-16(17,6-2)11-18-15(19)12(3)20-13-7-9-14(21-4)10-8-13/h7-10,12H,5-6,11,17H2,1-4H3,(H,18,19). The average molecular weight is 310 g/mol. The molecule has 0 heterocycles. The smallest absolute Gasteiger partial charge is 0.260 e. The fourth-order valence-electron chi connectivity index (χ4n) is 1.82. The van der Waals surface area contributed by atoms with Gasteiger partial charge < -0.3 is 15.8 Å². The molecule has 1 unspecified atom stereocenters. The van der Waals surface area contributed by atoms with Crippen LogP contribution in [-0.2, 0) is 4.79 Å². The normalized spacial score (nSPS) is 12.8. The second-order valence-corrected chi connectivity index (χ2v) is 6.10. The number of ether oxygens (including phenoxy) is 1. The van der Waals surface area contributed by atoms with Crippen molar-refractivity contribution < 1.29 is 9.53 Å². The summed E-state index contributed by atoms with van der Waals surface area (Å²) in [6.07, 6.45) is 3.14. The minimum Gasteiger partial charge on any atom is -0.481 e. The highest BCUT2D eigenvalue weighted by molar-refractivity contribution is 7.98. The molecule has 1 amide bonds. The summed E-state index contributed by atoms with van der Waals surface area (Å²) < 4.78 is 5.65. The molecule has 0 fully saturated rings. The van der Waals surface area contributed by atoms with Gasteiger partial charge in [0.2, 0.25) is 0 Å². The molecule has 1 aromatic carbocycles. The lowest BCUT2D eigenvalue weighted by molar-refractivity contribution is -0.127. The lowest BCUT2D eigenvalue weighted by atomic mass is 9.94. The van der Waals surface area contributed by atoms with Crippen LogP contribution >= 0.6 is 11.8 Å². The zero-order valence-corrected chi connectivity index (χ0v) is 14.1. The zero-order valence-electron chi connectivity index (χ0n) is 13.3. The summed E-state index contributed by atoms with van der Waals surface area (Å²) in [6, 6.07) is 7.70. The van der Waals surface area contributed by atoms with Crippen LogP contribution in [0.25, 0.3) is 0 Å². The Labute approximate surface area is 131 Å². The summed E-state index contributed by atoms with van der Waals surface area (Å²) >= 11 is 1.67. The Hall–Kier alpha value is -1.20. The van der Waals surface area contributed by atoms with Gasteiger partial charge in [-0.2, -0.15) is 0 Å². The molecular weight excluding hydrogens is 284 g/mol. The molecule has 1 aromatic rings. The van der Waals surface area contributed by atoms with Crippen LogP contribution in [0.3, 0.4) is 0 Å². The van der Waals surface area contributed by atoms with Crippen LogP contribution in [0, 0.1) is 0 Å². The summed E-state index contributed by atoms with van der Waals surface area (Å²) in [5, 5.41) is 2.87. The van der Waals surface area contributed by atoms with Crippen LogP contribution in [0.1, 0.15) is 33.6 Å². The number of amides is 1. The highest BCUT2D eigenvalue weighted by atomic mass is 32.2. The Kier molecular flexibility index (Phi) is 7.05. The molecule has 118 valence electrons. The van der Waals surface area contributed by atoms with Crippen molar-refractivity contribution in [2.45, 2.75) is 50.2 Å². The van der Waals surface area contributed by atoms with Gasteiger partial charge in [0.05, 0.1) is 0 Å². The van der Waals surface area contributed by atoms with E-state index in [9.17, 15) is 4.79 Å². The van der Waals surface area contributed by atoms with Gasteiger partial charge >= 0.3 is 0 Å². The number of thioether (sulfide) groups is 1. The second kappa shape index (κ2) is 8.29. The Morgan fingerprint density at radius 1 is 1.33 bits per heavy atom. The van der Waals surface area contributed by atoms with Crippen molar-refractivity contribution in [1.82, 2.24) is 5.32 Å². The third kappa shape index (κ3) is 5.59. The summed E-state index contributed by atoms with van der Waals surface area (Å²) in [7, 11) is 0. The predicted molar refractivity (Wildman–Crippen MR) is 88.8 cm³/mol. The monoisotopic (exact) mass is 310 g/mol. The Morgan fingerprint density at radius 2 is 1.90 bits per heavy atom. The fraction of sp³-hybridized carbons (Fsp3) is 0.562. The first kappa shape index (κ1) is 17.9. The minimum atomic E-state index is -0.539. The molecule has 0 aromatic heterocycles. The van der Waals surface area contributed by atoms with Crippen molar-refractivity contribution in [3.8, 4) is 5.75 Å². The number of nitrogens with one attached hydrogen (secondary N) is 1. The SMILES string of the molecule is CCC(N)(CC)CNC(=O)C(C)Oc1ccc(SC)cc1. The highest BCUT2D eigenvalue weighted by Crippen LogP contribution is 2.19. The topological polar surface area (TPSA) is 64.3 Å². The molecule has 0 bridgehead atoms. The van der Waals surface area contributed by atoms with E-state index >= 15 is 0 Å². The molecule has 0 aliphatic rings. The van der Waals surface area contributed by atoms with E-state index in [4.69, 9.17) is 10.5 Å². The van der Waals surface area contributed by atoms with Gasteiger partial charge in [0, 0.05) is 17.0 Å². The second-order valence-electron chi connectivity index (χ2n) is 5.22. The van der Waals surface area contributed by atoms with E-state index < -0.39 is 6.10 Å². The molecule has 5 heteroatoms. The van der Waals surface area contributed by atoms with Crippen LogP contribution in [0.15, 0.2) is 29.2 Å². The quantitative estimate of drug-likeness (QED) is 0.725. The van der Waals surface area contributed by atoms with Gasteiger partial charge in [-0.05, 0) is 50.3 Å². The maximum atomic E-state index is 12.1. The largest absolute Gasteiger partial charge is 0.481 e. The molecule has 21 heavy (non-hydrogen) atoms. The number of carbonyl (C=O) groups excluding carboxylic acids is 1. The number of carbonyl (C=O) groups is 1. The number of benzene rings is 1. The molecule has 4 nitrogen and oxygen atoms in total. The molecule has 3 N–H and O–H groups in total. The number of hydrogen-bond acceptors (Lipinski definition) is 4. The highest BCUT2D eigenvalue weighted by Gasteiger charge is 2.23. The Balaban J connectivity index is 2.50. The van der Waals surface area contributed by atoms with Crippen LogP contribution < -0.4 is 15.8 Å². The van der Waals surface area contributed by atoms with E-state index in [0.29, 0.717) is 12.3 Å². The summed E-state index contributed by atoms with van der Waals surface area (Å²) in [5.41, 5.74) is 5.83. The molecule has 0 aliphatic carbocycles. The van der Waals surface area contributed by atoms with Gasteiger partial charge in [-0.15, -0.1) is 11.8 Å². The van der Waals surface area contributed by atoms with Crippen LogP contribution in [-0.4, -0.2) is 30.4 Å². The molecule has 0 saturated carbocycles. The molecular formula is C16H26N2O2S. The van der Waals surface area contributed by atoms with Gasteiger partial charge in [0.1, 0.15) is 5.75 Å². The molecule has 0 radical (unpaired) electrons.